The fraction of sp³-hybridized carbons (Fsp3) is 0.300. The molecule has 0 unspecified atom stereocenters. The Bertz CT molecular complexity index is 915. The number of carbonyl (C=O) groups is 1. The number of carbonyl (C=O) groups excluding carboxylic acids is 1. The summed E-state index contributed by atoms with van der Waals surface area (Å²) < 4.78 is 0. The van der Waals surface area contributed by atoms with Crippen LogP contribution in [-0.4, -0.2) is 26.9 Å². The third kappa shape index (κ3) is 3.64. The summed E-state index contributed by atoms with van der Waals surface area (Å²) in [7, 11) is 0. The predicted molar refractivity (Wildman–Crippen MR) is 102 cm³/mol. The number of rotatable bonds is 4. The van der Waals surface area contributed by atoms with Crippen molar-refractivity contribution in [3.05, 3.63) is 54.5 Å². The van der Waals surface area contributed by atoms with E-state index >= 15 is 0 Å². The number of anilines is 2. The molecule has 2 heterocycles. The molecule has 3 aromatic rings. The number of nitrogens with zero attached hydrogens (tertiary/aromatic N) is 3. The van der Waals surface area contributed by atoms with Crippen LogP contribution in [0.5, 0.6) is 0 Å². The molecule has 0 aliphatic heterocycles. The van der Waals surface area contributed by atoms with Crippen molar-refractivity contribution < 1.29 is 4.79 Å². The molecule has 2 N–H and O–H groups in total. The van der Waals surface area contributed by atoms with Gasteiger partial charge in [-0.15, -0.1) is 0 Å². The lowest BCUT2D eigenvalue weighted by Gasteiger charge is -2.22. The summed E-state index contributed by atoms with van der Waals surface area (Å²) in [5.41, 5.74) is 1.78. The van der Waals surface area contributed by atoms with Gasteiger partial charge in [0.2, 0.25) is 5.95 Å². The van der Waals surface area contributed by atoms with Crippen molar-refractivity contribution in [1.29, 1.82) is 0 Å². The van der Waals surface area contributed by atoms with Crippen LogP contribution in [0.4, 0.5) is 11.6 Å². The monoisotopic (exact) mass is 347 g/mol. The first-order valence-electron chi connectivity index (χ1n) is 9.04. The molecular weight excluding hydrogens is 326 g/mol. The van der Waals surface area contributed by atoms with Gasteiger partial charge in [0.15, 0.2) is 0 Å². The van der Waals surface area contributed by atoms with Crippen molar-refractivity contribution in [3.63, 3.8) is 0 Å². The zero-order chi connectivity index (χ0) is 17.8. The first-order chi connectivity index (χ1) is 12.8. The number of fused-ring (bicyclic) bond motifs is 1. The van der Waals surface area contributed by atoms with Crippen molar-refractivity contribution in [2.75, 3.05) is 10.6 Å². The van der Waals surface area contributed by atoms with Gasteiger partial charge in [-0.1, -0.05) is 37.5 Å². The molecule has 4 rings (SSSR count). The quantitative estimate of drug-likeness (QED) is 0.745. The molecule has 132 valence electrons. The molecule has 1 fully saturated rings. The Morgan fingerprint density at radius 3 is 2.69 bits per heavy atom. The minimum absolute atomic E-state index is 0.266. The number of benzene rings is 1. The van der Waals surface area contributed by atoms with E-state index in [2.05, 4.69) is 25.6 Å². The van der Waals surface area contributed by atoms with E-state index in [1.165, 1.54) is 19.3 Å². The van der Waals surface area contributed by atoms with E-state index < -0.39 is 0 Å². The Morgan fingerprint density at radius 2 is 1.81 bits per heavy atom. The zero-order valence-corrected chi connectivity index (χ0v) is 14.5. The highest BCUT2D eigenvalue weighted by Crippen LogP contribution is 2.22. The second kappa shape index (κ2) is 7.47. The van der Waals surface area contributed by atoms with Gasteiger partial charge in [0, 0.05) is 23.8 Å². The van der Waals surface area contributed by atoms with Gasteiger partial charge in [-0.3, -0.25) is 9.78 Å². The van der Waals surface area contributed by atoms with E-state index in [4.69, 9.17) is 0 Å². The number of hydrogen-bond donors (Lipinski definition) is 2. The fourth-order valence-corrected chi connectivity index (χ4v) is 3.38. The fourth-order valence-electron chi connectivity index (χ4n) is 3.38. The molecule has 0 atom stereocenters. The maximum atomic E-state index is 12.6. The van der Waals surface area contributed by atoms with Gasteiger partial charge in [0.25, 0.3) is 5.91 Å². The molecule has 1 aliphatic carbocycles. The standard InChI is InChI=1S/C20H21N5O/c26-19(24-16-10-4-6-14-7-5-12-21-18(14)16)17-11-13-22-20(25-17)23-15-8-2-1-3-9-15/h4-7,10-13,15H,1-3,8-9H2,(H,24,26)(H,22,23,25). The van der Waals surface area contributed by atoms with Crippen molar-refractivity contribution in [3.8, 4) is 0 Å². The number of pyridine rings is 1. The van der Waals surface area contributed by atoms with Crippen LogP contribution in [0, 0.1) is 0 Å². The maximum absolute atomic E-state index is 12.6. The Kier molecular flexibility index (Phi) is 4.73. The molecule has 1 amide bonds. The predicted octanol–water partition coefficient (Wildman–Crippen LogP) is 4.02. The molecule has 6 heteroatoms. The van der Waals surface area contributed by atoms with Crippen molar-refractivity contribution in [2.24, 2.45) is 0 Å². The Balaban J connectivity index is 1.51. The van der Waals surface area contributed by atoms with Crippen molar-refractivity contribution in [2.45, 2.75) is 38.1 Å². The third-order valence-electron chi connectivity index (χ3n) is 4.71. The van der Waals surface area contributed by atoms with E-state index in [1.807, 2.05) is 30.3 Å². The summed E-state index contributed by atoms with van der Waals surface area (Å²) in [6.07, 6.45) is 9.34. The van der Waals surface area contributed by atoms with Gasteiger partial charge < -0.3 is 10.6 Å². The average molecular weight is 347 g/mol. The minimum atomic E-state index is -0.266. The van der Waals surface area contributed by atoms with E-state index in [0.29, 0.717) is 23.4 Å². The van der Waals surface area contributed by atoms with Crippen molar-refractivity contribution >= 4 is 28.4 Å². The maximum Gasteiger partial charge on any atom is 0.274 e. The molecule has 1 aromatic carbocycles. The van der Waals surface area contributed by atoms with E-state index in [-0.39, 0.29) is 5.91 Å². The lowest BCUT2D eigenvalue weighted by molar-refractivity contribution is 0.102. The van der Waals surface area contributed by atoms with Crippen LogP contribution >= 0.6 is 0 Å². The van der Waals surface area contributed by atoms with Crippen LogP contribution in [-0.2, 0) is 0 Å². The zero-order valence-electron chi connectivity index (χ0n) is 14.5. The number of nitrogens with one attached hydrogen (secondary N) is 2. The minimum Gasteiger partial charge on any atom is -0.351 e. The Hall–Kier alpha value is -3.02. The van der Waals surface area contributed by atoms with E-state index in [9.17, 15) is 4.79 Å². The van der Waals surface area contributed by atoms with Crippen LogP contribution in [0.15, 0.2) is 48.8 Å². The molecule has 1 aliphatic rings. The first-order valence-corrected chi connectivity index (χ1v) is 9.04. The first kappa shape index (κ1) is 16.4. The molecular formula is C20H21N5O. The molecule has 0 bridgehead atoms. The second-order valence-electron chi connectivity index (χ2n) is 6.58. The second-order valence-corrected chi connectivity index (χ2v) is 6.58. The number of aromatic nitrogens is 3. The summed E-state index contributed by atoms with van der Waals surface area (Å²) in [6, 6.07) is 11.6. The third-order valence-corrected chi connectivity index (χ3v) is 4.71. The highest BCUT2D eigenvalue weighted by atomic mass is 16.1. The Morgan fingerprint density at radius 1 is 0.962 bits per heavy atom. The number of hydrogen-bond acceptors (Lipinski definition) is 5. The van der Waals surface area contributed by atoms with Crippen LogP contribution in [0.1, 0.15) is 42.6 Å². The molecule has 2 aromatic heterocycles. The largest absolute Gasteiger partial charge is 0.351 e. The molecule has 0 radical (unpaired) electrons. The molecule has 0 spiro atoms. The van der Waals surface area contributed by atoms with Gasteiger partial charge in [0.05, 0.1) is 11.2 Å². The molecule has 6 nitrogen and oxygen atoms in total. The molecule has 1 saturated carbocycles. The summed E-state index contributed by atoms with van der Waals surface area (Å²) >= 11 is 0. The summed E-state index contributed by atoms with van der Waals surface area (Å²) in [5, 5.41) is 7.25. The Labute approximate surface area is 152 Å². The van der Waals surface area contributed by atoms with Gasteiger partial charge in [0.1, 0.15) is 5.69 Å². The summed E-state index contributed by atoms with van der Waals surface area (Å²) in [5.74, 6) is 0.248. The average Bonchev–Trinajstić information content (AvgIpc) is 2.69. The van der Waals surface area contributed by atoms with Gasteiger partial charge >= 0.3 is 0 Å². The van der Waals surface area contributed by atoms with Crippen LogP contribution < -0.4 is 10.6 Å². The van der Waals surface area contributed by atoms with Gasteiger partial charge in [-0.05, 0) is 31.0 Å². The summed E-state index contributed by atoms with van der Waals surface area (Å²) in [6.45, 7) is 0. The smallest absolute Gasteiger partial charge is 0.274 e. The normalized spacial score (nSPS) is 14.9. The molecule has 26 heavy (non-hydrogen) atoms. The summed E-state index contributed by atoms with van der Waals surface area (Å²) in [4.78, 5) is 25.7. The lowest BCUT2D eigenvalue weighted by Crippen LogP contribution is -2.24. The van der Waals surface area contributed by atoms with Gasteiger partial charge in [-0.2, -0.15) is 0 Å². The van der Waals surface area contributed by atoms with Crippen molar-refractivity contribution in [1.82, 2.24) is 15.0 Å². The highest BCUT2D eigenvalue weighted by molar-refractivity contribution is 6.07. The highest BCUT2D eigenvalue weighted by Gasteiger charge is 2.16. The van der Waals surface area contributed by atoms with Crippen LogP contribution in [0.25, 0.3) is 10.9 Å². The topological polar surface area (TPSA) is 79.8 Å². The van der Waals surface area contributed by atoms with E-state index in [1.54, 1.807) is 18.5 Å². The number of para-hydroxylation sites is 1. The number of amides is 1. The lowest BCUT2D eigenvalue weighted by atomic mass is 9.96. The van der Waals surface area contributed by atoms with E-state index in [0.717, 1.165) is 23.7 Å². The SMILES string of the molecule is O=C(Nc1cccc2cccnc12)c1ccnc(NC2CCCCC2)n1. The molecule has 0 saturated heterocycles. The van der Waals surface area contributed by atoms with Gasteiger partial charge in [-0.25, -0.2) is 9.97 Å². The van der Waals surface area contributed by atoms with Crippen LogP contribution in [0.2, 0.25) is 0 Å². The van der Waals surface area contributed by atoms with Crippen LogP contribution in [0.3, 0.4) is 0 Å².